The molecule has 0 spiro atoms. The van der Waals surface area contributed by atoms with Crippen molar-refractivity contribution in [2.45, 2.75) is 13.2 Å². The van der Waals surface area contributed by atoms with E-state index in [2.05, 4.69) is 31.0 Å². The predicted octanol–water partition coefficient (Wildman–Crippen LogP) is 1.17. The van der Waals surface area contributed by atoms with Gasteiger partial charge in [-0.2, -0.15) is 0 Å². The van der Waals surface area contributed by atoms with Gasteiger partial charge in [-0.15, -0.1) is 0 Å². The smallest absolute Gasteiger partial charge is 0.261 e. The highest BCUT2D eigenvalue weighted by Crippen LogP contribution is 2.28. The molecule has 3 aromatic rings. The summed E-state index contributed by atoms with van der Waals surface area (Å²) in [6.07, 6.45) is 8.54. The van der Waals surface area contributed by atoms with Gasteiger partial charge in [-0.05, 0) is 18.6 Å². The number of pyridine rings is 1. The first kappa shape index (κ1) is 19.8. The van der Waals surface area contributed by atoms with Crippen molar-refractivity contribution in [1.29, 1.82) is 0 Å². The Bertz CT molecular complexity index is 1150. The Kier molecular flexibility index (Phi) is 5.33. The van der Waals surface area contributed by atoms with Crippen molar-refractivity contribution >= 4 is 45.9 Å². The summed E-state index contributed by atoms with van der Waals surface area (Å²) in [6, 6.07) is 1.86. The first-order valence-corrected chi connectivity index (χ1v) is 10.4. The van der Waals surface area contributed by atoms with Crippen molar-refractivity contribution in [2.75, 3.05) is 24.0 Å². The van der Waals surface area contributed by atoms with Crippen molar-refractivity contribution < 1.29 is 14.1 Å². The standard InChI is InChI=1S/C18H20N8O3S/c1-10-6-21-18(23-13-8-26(30(3)28)25-17(13)29-2)24-14(10)12-7-20-15-11(12)4-5-19-16(15)22-9-27/h4-9,18,20-21,23H,1-3H3,(H,19,22,27). The number of nitrogens with zero attached hydrogens (tertiary/aromatic N) is 4. The summed E-state index contributed by atoms with van der Waals surface area (Å²) in [7, 11) is 1.49. The van der Waals surface area contributed by atoms with E-state index in [0.717, 1.165) is 22.2 Å². The molecule has 4 heterocycles. The summed E-state index contributed by atoms with van der Waals surface area (Å²) in [5.74, 6) is 0.766. The number of amides is 1. The van der Waals surface area contributed by atoms with Crippen LogP contribution in [0.5, 0.6) is 5.88 Å². The molecule has 4 N–H and O–H groups in total. The molecule has 0 aliphatic carbocycles. The molecule has 1 aliphatic rings. The number of H-pyrrole nitrogens is 1. The zero-order valence-corrected chi connectivity index (χ0v) is 17.3. The average molecular weight is 428 g/mol. The monoisotopic (exact) mass is 428 g/mol. The molecular weight excluding hydrogens is 408 g/mol. The Labute approximate surface area is 174 Å². The number of carbonyl (C=O) groups excluding carboxylic acids is 1. The summed E-state index contributed by atoms with van der Waals surface area (Å²) in [5, 5.41) is 14.0. The molecule has 0 saturated carbocycles. The first-order valence-electron chi connectivity index (χ1n) is 8.93. The van der Waals surface area contributed by atoms with Crippen LogP contribution < -0.4 is 20.7 Å². The number of aromatic amines is 1. The molecule has 12 heteroatoms. The lowest BCUT2D eigenvalue weighted by molar-refractivity contribution is -0.105. The van der Waals surface area contributed by atoms with Crippen LogP contribution in [-0.4, -0.2) is 55.5 Å². The maximum Gasteiger partial charge on any atom is 0.261 e. The van der Waals surface area contributed by atoms with Crippen molar-refractivity contribution in [3.63, 3.8) is 0 Å². The number of hydrogen-bond donors (Lipinski definition) is 4. The Morgan fingerprint density at radius 2 is 2.27 bits per heavy atom. The summed E-state index contributed by atoms with van der Waals surface area (Å²) in [4.78, 5) is 23.0. The fourth-order valence-electron chi connectivity index (χ4n) is 3.18. The number of allylic oxidation sites excluding steroid dienone is 1. The molecule has 0 aromatic carbocycles. The molecule has 2 atom stereocenters. The minimum atomic E-state index is -1.31. The highest BCUT2D eigenvalue weighted by molar-refractivity contribution is 7.89. The summed E-state index contributed by atoms with van der Waals surface area (Å²) >= 11 is -1.31. The van der Waals surface area contributed by atoms with Gasteiger partial charge in [-0.1, -0.05) is 9.19 Å². The number of anilines is 2. The number of methoxy groups -OCH3 is 1. The third-order valence-electron chi connectivity index (χ3n) is 4.55. The molecule has 0 fully saturated rings. The number of aromatic nitrogens is 4. The van der Waals surface area contributed by atoms with Crippen LogP contribution in [0.3, 0.4) is 0 Å². The molecule has 1 aliphatic heterocycles. The van der Waals surface area contributed by atoms with Crippen molar-refractivity contribution in [2.24, 2.45) is 4.99 Å². The van der Waals surface area contributed by atoms with Gasteiger partial charge in [0.25, 0.3) is 5.88 Å². The van der Waals surface area contributed by atoms with E-state index in [1.807, 2.05) is 25.4 Å². The highest BCUT2D eigenvalue weighted by atomic mass is 32.2. The lowest BCUT2D eigenvalue weighted by Crippen LogP contribution is -2.35. The second-order valence-corrected chi connectivity index (χ2v) is 7.67. The van der Waals surface area contributed by atoms with E-state index in [-0.39, 0.29) is 0 Å². The average Bonchev–Trinajstić information content (AvgIpc) is 3.34. The fraction of sp³-hybridized carbons (Fsp3) is 0.222. The zero-order valence-electron chi connectivity index (χ0n) is 16.5. The quantitative estimate of drug-likeness (QED) is 0.326. The Balaban J connectivity index is 1.68. The summed E-state index contributed by atoms with van der Waals surface area (Å²) in [6.45, 7) is 1.95. The molecule has 1 amide bonds. The maximum atomic E-state index is 11.7. The number of nitrogens with one attached hydrogen (secondary N) is 4. The second-order valence-electron chi connectivity index (χ2n) is 6.44. The summed E-state index contributed by atoms with van der Waals surface area (Å²) in [5.41, 5.74) is 3.85. The number of aliphatic imine (C=N–C) groups is 1. The molecular formula is C18H20N8O3S. The van der Waals surface area contributed by atoms with Crippen LogP contribution in [0.4, 0.5) is 11.5 Å². The van der Waals surface area contributed by atoms with Crippen LogP contribution in [0.15, 0.2) is 41.4 Å². The van der Waals surface area contributed by atoms with E-state index in [0.29, 0.717) is 29.3 Å². The topological polar surface area (TPSA) is 144 Å². The molecule has 156 valence electrons. The van der Waals surface area contributed by atoms with Gasteiger partial charge in [0.1, 0.15) is 18.1 Å². The van der Waals surface area contributed by atoms with E-state index in [1.165, 1.54) is 17.5 Å². The predicted molar refractivity (Wildman–Crippen MR) is 115 cm³/mol. The van der Waals surface area contributed by atoms with Gasteiger partial charge < -0.3 is 30.2 Å². The van der Waals surface area contributed by atoms with Gasteiger partial charge in [-0.25, -0.2) is 9.98 Å². The van der Waals surface area contributed by atoms with Gasteiger partial charge in [0.2, 0.25) is 6.41 Å². The van der Waals surface area contributed by atoms with Gasteiger partial charge in [0.15, 0.2) is 12.1 Å². The zero-order chi connectivity index (χ0) is 21.3. The van der Waals surface area contributed by atoms with E-state index in [9.17, 15) is 9.35 Å². The molecule has 3 aromatic heterocycles. The minimum absolute atomic E-state index is 0.317. The molecule has 11 nitrogen and oxygen atoms in total. The van der Waals surface area contributed by atoms with Crippen LogP contribution in [0.2, 0.25) is 0 Å². The van der Waals surface area contributed by atoms with Crippen molar-refractivity contribution in [3.05, 3.63) is 42.0 Å². The molecule has 0 saturated heterocycles. The van der Waals surface area contributed by atoms with E-state index in [1.54, 1.807) is 12.4 Å². The normalized spacial score (nSPS) is 17.0. The van der Waals surface area contributed by atoms with E-state index >= 15 is 0 Å². The van der Waals surface area contributed by atoms with Crippen LogP contribution in [0, 0.1) is 0 Å². The van der Waals surface area contributed by atoms with Crippen LogP contribution >= 0.6 is 0 Å². The highest BCUT2D eigenvalue weighted by Gasteiger charge is 2.22. The van der Waals surface area contributed by atoms with Crippen LogP contribution in [-0.2, 0) is 16.2 Å². The van der Waals surface area contributed by atoms with Gasteiger partial charge in [0, 0.05) is 29.5 Å². The lowest BCUT2D eigenvalue weighted by Gasteiger charge is -2.22. The van der Waals surface area contributed by atoms with Gasteiger partial charge >= 0.3 is 0 Å². The van der Waals surface area contributed by atoms with Crippen molar-refractivity contribution in [1.82, 2.24) is 24.5 Å². The van der Waals surface area contributed by atoms with E-state index in [4.69, 9.17) is 9.73 Å². The molecule has 0 radical (unpaired) electrons. The number of ether oxygens (including phenoxy) is 1. The second kappa shape index (κ2) is 8.08. The molecule has 30 heavy (non-hydrogen) atoms. The minimum Gasteiger partial charge on any atom is -0.592 e. The Morgan fingerprint density at radius 3 is 3.00 bits per heavy atom. The largest absolute Gasteiger partial charge is 0.592 e. The SMILES string of the molecule is COc1nn([S+](C)[O-])cc1NC1N=C(c2c[nH]c3c(NC=O)nccc23)C(C)=CN1. The Hall–Kier alpha value is -3.51. The molecule has 2 unspecified atom stereocenters. The first-order chi connectivity index (χ1) is 14.5. The lowest BCUT2D eigenvalue weighted by atomic mass is 10.0. The molecule has 0 bridgehead atoms. The Morgan fingerprint density at radius 1 is 1.43 bits per heavy atom. The number of fused-ring (bicyclic) bond motifs is 1. The van der Waals surface area contributed by atoms with E-state index < -0.39 is 17.7 Å². The van der Waals surface area contributed by atoms with Crippen LogP contribution in [0.25, 0.3) is 10.9 Å². The third kappa shape index (κ3) is 3.57. The summed E-state index contributed by atoms with van der Waals surface area (Å²) < 4.78 is 18.3. The van der Waals surface area contributed by atoms with Gasteiger partial charge in [0.05, 0.1) is 29.7 Å². The van der Waals surface area contributed by atoms with Crippen LogP contribution in [0.1, 0.15) is 12.5 Å². The van der Waals surface area contributed by atoms with Crippen molar-refractivity contribution in [3.8, 4) is 5.88 Å². The fourth-order valence-corrected chi connectivity index (χ4v) is 3.62. The number of carbonyl (C=O) groups is 1. The number of hydrogen-bond acceptors (Lipinski definition) is 8. The maximum absolute atomic E-state index is 11.7. The van der Waals surface area contributed by atoms with Gasteiger partial charge in [-0.3, -0.25) is 4.79 Å². The third-order valence-corrected chi connectivity index (χ3v) is 5.26. The number of rotatable bonds is 7. The molecule has 4 rings (SSSR count).